The molecule has 1 aromatic carbocycles. The van der Waals surface area contributed by atoms with Gasteiger partial charge in [-0.3, -0.25) is 0 Å². The van der Waals surface area contributed by atoms with Crippen LogP contribution in [-0.2, 0) is 0 Å². The van der Waals surface area contributed by atoms with E-state index < -0.39 is 0 Å². The molecule has 1 fully saturated rings. The van der Waals surface area contributed by atoms with Gasteiger partial charge in [-0.25, -0.2) is 0 Å². The molecule has 84 valence electrons. The van der Waals surface area contributed by atoms with E-state index in [-0.39, 0.29) is 0 Å². The van der Waals surface area contributed by atoms with Gasteiger partial charge in [-0.2, -0.15) is 5.26 Å². The number of hydrogen-bond donors (Lipinski definition) is 1. The van der Waals surface area contributed by atoms with Crippen LogP contribution in [-0.4, -0.2) is 13.1 Å². The molecule has 2 N–H and O–H groups in total. The summed E-state index contributed by atoms with van der Waals surface area (Å²) < 4.78 is 0. The van der Waals surface area contributed by atoms with Gasteiger partial charge >= 0.3 is 0 Å². The summed E-state index contributed by atoms with van der Waals surface area (Å²) in [7, 11) is 0. The van der Waals surface area contributed by atoms with Crippen LogP contribution in [0.25, 0.3) is 0 Å². The van der Waals surface area contributed by atoms with Crippen LogP contribution in [0.3, 0.4) is 0 Å². The van der Waals surface area contributed by atoms with Crippen molar-refractivity contribution in [2.24, 2.45) is 0 Å². The molecule has 0 radical (unpaired) electrons. The topological polar surface area (TPSA) is 53.0 Å². The molecule has 1 aromatic rings. The molecule has 0 unspecified atom stereocenters. The predicted octanol–water partition coefficient (Wildman–Crippen LogP) is 2.52. The van der Waals surface area contributed by atoms with E-state index in [1.54, 1.807) is 6.07 Å². The van der Waals surface area contributed by atoms with E-state index in [2.05, 4.69) is 11.0 Å². The Labute approximate surface area is 96.5 Å². The fourth-order valence-corrected chi connectivity index (χ4v) is 2.22. The smallest absolute Gasteiger partial charge is 0.0992 e. The van der Waals surface area contributed by atoms with Crippen LogP contribution < -0.4 is 10.6 Å². The van der Waals surface area contributed by atoms with E-state index in [1.165, 1.54) is 25.7 Å². The van der Waals surface area contributed by atoms with Crippen molar-refractivity contribution in [1.29, 1.82) is 5.26 Å². The first-order valence-electron chi connectivity index (χ1n) is 5.86. The molecule has 0 atom stereocenters. The molecule has 16 heavy (non-hydrogen) atoms. The van der Waals surface area contributed by atoms with E-state index in [0.29, 0.717) is 5.56 Å². The van der Waals surface area contributed by atoms with Gasteiger partial charge < -0.3 is 10.6 Å². The van der Waals surface area contributed by atoms with Gasteiger partial charge in [-0.1, -0.05) is 12.8 Å². The Bertz CT molecular complexity index is 398. The third-order valence-electron chi connectivity index (χ3n) is 3.10. The zero-order valence-corrected chi connectivity index (χ0v) is 9.45. The monoisotopic (exact) mass is 215 g/mol. The fourth-order valence-electron chi connectivity index (χ4n) is 2.22. The molecule has 1 heterocycles. The lowest BCUT2D eigenvalue weighted by Gasteiger charge is -2.24. The molecule has 0 spiro atoms. The molecule has 0 bridgehead atoms. The second kappa shape index (κ2) is 4.89. The third-order valence-corrected chi connectivity index (χ3v) is 3.10. The summed E-state index contributed by atoms with van der Waals surface area (Å²) in [6, 6.07) is 7.69. The van der Waals surface area contributed by atoms with Gasteiger partial charge in [-0.15, -0.1) is 0 Å². The lowest BCUT2D eigenvalue weighted by atomic mass is 10.1. The highest BCUT2D eigenvalue weighted by Gasteiger charge is 2.12. The maximum atomic E-state index is 8.79. The van der Waals surface area contributed by atoms with E-state index in [0.717, 1.165) is 24.5 Å². The second-order valence-electron chi connectivity index (χ2n) is 4.29. The largest absolute Gasteiger partial charge is 0.397 e. The van der Waals surface area contributed by atoms with E-state index in [1.807, 2.05) is 12.1 Å². The highest BCUT2D eigenvalue weighted by molar-refractivity contribution is 5.69. The van der Waals surface area contributed by atoms with E-state index >= 15 is 0 Å². The van der Waals surface area contributed by atoms with Crippen LogP contribution in [0, 0.1) is 11.3 Å². The number of nitriles is 1. The van der Waals surface area contributed by atoms with Crippen molar-refractivity contribution in [2.45, 2.75) is 25.7 Å². The van der Waals surface area contributed by atoms with Crippen molar-refractivity contribution in [1.82, 2.24) is 0 Å². The Morgan fingerprint density at radius 3 is 2.38 bits per heavy atom. The molecule has 3 heteroatoms. The molecule has 3 nitrogen and oxygen atoms in total. The van der Waals surface area contributed by atoms with Crippen LogP contribution in [0.1, 0.15) is 31.2 Å². The lowest BCUT2D eigenvalue weighted by Crippen LogP contribution is -2.24. The van der Waals surface area contributed by atoms with Crippen LogP contribution in [0.15, 0.2) is 18.2 Å². The highest BCUT2D eigenvalue weighted by atomic mass is 15.1. The van der Waals surface area contributed by atoms with Gasteiger partial charge in [0, 0.05) is 13.1 Å². The molecule has 0 saturated carbocycles. The first kappa shape index (κ1) is 10.8. The SMILES string of the molecule is N#Cc1ccc(N2CCCCCC2)c(N)c1. The summed E-state index contributed by atoms with van der Waals surface area (Å²) in [4.78, 5) is 2.34. The highest BCUT2D eigenvalue weighted by Crippen LogP contribution is 2.26. The van der Waals surface area contributed by atoms with Crippen LogP contribution in [0.4, 0.5) is 11.4 Å². The number of nitrogens with zero attached hydrogens (tertiary/aromatic N) is 2. The van der Waals surface area contributed by atoms with Crippen molar-refractivity contribution >= 4 is 11.4 Å². The van der Waals surface area contributed by atoms with Crippen molar-refractivity contribution in [3.05, 3.63) is 23.8 Å². The zero-order chi connectivity index (χ0) is 11.4. The van der Waals surface area contributed by atoms with Crippen molar-refractivity contribution < 1.29 is 0 Å². The summed E-state index contributed by atoms with van der Waals surface area (Å²) in [6.07, 6.45) is 5.10. The first-order chi connectivity index (χ1) is 7.81. The molecule has 0 aliphatic carbocycles. The van der Waals surface area contributed by atoms with Gasteiger partial charge in [-0.05, 0) is 31.0 Å². The van der Waals surface area contributed by atoms with Crippen LogP contribution in [0.2, 0.25) is 0 Å². The number of benzene rings is 1. The van der Waals surface area contributed by atoms with Crippen molar-refractivity contribution in [3.63, 3.8) is 0 Å². The molecule has 0 aromatic heterocycles. The van der Waals surface area contributed by atoms with Gasteiger partial charge in [0.05, 0.1) is 23.0 Å². The predicted molar refractivity (Wildman–Crippen MR) is 66.3 cm³/mol. The quantitative estimate of drug-likeness (QED) is 0.732. The average Bonchev–Trinajstić information content (AvgIpc) is 2.57. The maximum absolute atomic E-state index is 8.79. The van der Waals surface area contributed by atoms with Crippen molar-refractivity contribution in [3.8, 4) is 6.07 Å². The lowest BCUT2D eigenvalue weighted by molar-refractivity contribution is 0.726. The summed E-state index contributed by atoms with van der Waals surface area (Å²) in [5.41, 5.74) is 8.43. The molecule has 1 aliphatic heterocycles. The molecular weight excluding hydrogens is 198 g/mol. The Kier molecular flexibility index (Phi) is 3.31. The number of hydrogen-bond acceptors (Lipinski definition) is 3. The minimum absolute atomic E-state index is 0.635. The first-order valence-corrected chi connectivity index (χ1v) is 5.86. The zero-order valence-electron chi connectivity index (χ0n) is 9.45. The molecule has 1 saturated heterocycles. The van der Waals surface area contributed by atoms with Gasteiger partial charge in [0.15, 0.2) is 0 Å². The minimum atomic E-state index is 0.635. The number of nitrogen functional groups attached to an aromatic ring is 1. The maximum Gasteiger partial charge on any atom is 0.0992 e. The third kappa shape index (κ3) is 2.27. The summed E-state index contributed by atoms with van der Waals surface area (Å²) in [5, 5.41) is 8.79. The second-order valence-corrected chi connectivity index (χ2v) is 4.29. The Morgan fingerprint density at radius 2 is 1.81 bits per heavy atom. The van der Waals surface area contributed by atoms with Gasteiger partial charge in [0.1, 0.15) is 0 Å². The Balaban J connectivity index is 2.22. The van der Waals surface area contributed by atoms with Crippen LogP contribution >= 0.6 is 0 Å². The minimum Gasteiger partial charge on any atom is -0.397 e. The normalized spacial score (nSPS) is 16.6. The molecule has 1 aliphatic rings. The van der Waals surface area contributed by atoms with E-state index in [4.69, 9.17) is 11.0 Å². The van der Waals surface area contributed by atoms with Gasteiger partial charge in [0.25, 0.3) is 0 Å². The van der Waals surface area contributed by atoms with E-state index in [9.17, 15) is 0 Å². The molecule has 0 amide bonds. The average molecular weight is 215 g/mol. The number of anilines is 2. The summed E-state index contributed by atoms with van der Waals surface area (Å²) >= 11 is 0. The van der Waals surface area contributed by atoms with Crippen molar-refractivity contribution in [2.75, 3.05) is 23.7 Å². The Hall–Kier alpha value is -1.69. The number of nitrogens with two attached hydrogens (primary N) is 1. The summed E-state index contributed by atoms with van der Waals surface area (Å²) in [5.74, 6) is 0. The molecule has 2 rings (SSSR count). The van der Waals surface area contributed by atoms with Crippen LogP contribution in [0.5, 0.6) is 0 Å². The molecular formula is C13H17N3. The Morgan fingerprint density at radius 1 is 1.12 bits per heavy atom. The standard InChI is InChI=1S/C13H17N3/c14-10-11-5-6-13(12(15)9-11)16-7-3-1-2-4-8-16/h5-6,9H,1-4,7-8,15H2. The number of rotatable bonds is 1. The fraction of sp³-hybridized carbons (Fsp3) is 0.462. The summed E-state index contributed by atoms with van der Waals surface area (Å²) in [6.45, 7) is 2.16. The van der Waals surface area contributed by atoms with Gasteiger partial charge in [0.2, 0.25) is 0 Å².